The van der Waals surface area contributed by atoms with Crippen LogP contribution < -0.4 is 5.32 Å². The highest BCUT2D eigenvalue weighted by Gasteiger charge is 2.62. The second kappa shape index (κ2) is 8.72. The van der Waals surface area contributed by atoms with E-state index in [1.54, 1.807) is 29.6 Å². The Morgan fingerprint density at radius 3 is 2.40 bits per heavy atom. The van der Waals surface area contributed by atoms with Crippen LogP contribution >= 0.6 is 0 Å². The molecule has 2 heterocycles. The zero-order valence-corrected chi connectivity index (χ0v) is 19.5. The van der Waals surface area contributed by atoms with Crippen LogP contribution in [-0.2, 0) is 19.9 Å². The fraction of sp³-hybridized carbons (Fsp3) is 0.520. The molecule has 2 aliphatic heterocycles. The van der Waals surface area contributed by atoms with Gasteiger partial charge in [-0.1, -0.05) is 42.5 Å². The van der Waals surface area contributed by atoms with E-state index in [-0.39, 0.29) is 12.8 Å². The van der Waals surface area contributed by atoms with Gasteiger partial charge >= 0.3 is 6.18 Å². The van der Waals surface area contributed by atoms with Crippen LogP contribution in [0.5, 0.6) is 0 Å². The number of hydrogen-bond acceptors (Lipinski definition) is 3. The lowest BCUT2D eigenvalue weighted by atomic mass is 9.70. The number of benzene rings is 2. The topological polar surface area (TPSA) is 58.6 Å². The minimum atomic E-state index is -4.76. The zero-order chi connectivity index (χ0) is 25.8. The fourth-order valence-corrected chi connectivity index (χ4v) is 5.38. The lowest BCUT2D eigenvalue weighted by molar-refractivity contribution is -0.206. The molecule has 2 bridgehead atoms. The second-order valence-corrected chi connectivity index (χ2v) is 9.50. The molecule has 2 aromatic rings. The summed E-state index contributed by atoms with van der Waals surface area (Å²) < 4.78 is 74.8. The molecule has 190 valence electrons. The molecular formula is C25H27F5N2O3. The van der Waals surface area contributed by atoms with Gasteiger partial charge in [-0.15, -0.1) is 0 Å². The minimum Gasteiger partial charge on any atom is -0.364 e. The van der Waals surface area contributed by atoms with E-state index in [0.29, 0.717) is 10.9 Å². The largest absolute Gasteiger partial charge is 0.408 e. The molecule has 0 aromatic heterocycles. The summed E-state index contributed by atoms with van der Waals surface area (Å²) in [5.74, 6) is -6.85. The molecule has 35 heavy (non-hydrogen) atoms. The van der Waals surface area contributed by atoms with Gasteiger partial charge in [0.25, 0.3) is 11.8 Å². The minimum absolute atomic E-state index is 0.0715. The number of hydrogen-bond donors (Lipinski definition) is 1. The second-order valence-electron chi connectivity index (χ2n) is 9.50. The Bertz CT molecular complexity index is 1130. The molecule has 3 fully saturated rings. The molecule has 5 rings (SSSR count). The number of methoxy groups -OCH3 is 1. The van der Waals surface area contributed by atoms with Crippen LogP contribution in [-0.4, -0.2) is 54.0 Å². The van der Waals surface area contributed by atoms with E-state index in [2.05, 4.69) is 0 Å². The summed E-state index contributed by atoms with van der Waals surface area (Å²) in [6, 6.07) is 7.48. The first-order valence-corrected chi connectivity index (χ1v) is 11.4. The van der Waals surface area contributed by atoms with Crippen molar-refractivity contribution in [3.63, 3.8) is 0 Å². The monoisotopic (exact) mass is 498 g/mol. The molecule has 1 N–H and O–H groups in total. The first-order valence-electron chi connectivity index (χ1n) is 11.4. The molecule has 5 nitrogen and oxygen atoms in total. The summed E-state index contributed by atoms with van der Waals surface area (Å²) in [7, 11) is 1.30. The molecule has 0 radical (unpaired) electrons. The Hall–Kier alpha value is -2.75. The number of carbonyl (C=O) groups excluding carboxylic acids is 2. The van der Waals surface area contributed by atoms with Gasteiger partial charge in [-0.25, -0.2) is 8.78 Å². The Balaban J connectivity index is 1.77. The highest BCUT2D eigenvalue weighted by atomic mass is 19.4. The molecule has 0 spiro atoms. The van der Waals surface area contributed by atoms with Gasteiger partial charge in [-0.05, 0) is 37.5 Å². The van der Waals surface area contributed by atoms with Crippen molar-refractivity contribution >= 4 is 22.6 Å². The molecule has 3 aliphatic rings. The van der Waals surface area contributed by atoms with Crippen LogP contribution in [0.1, 0.15) is 38.7 Å². The number of piperidine rings is 2. The van der Waals surface area contributed by atoms with Crippen LogP contribution in [0.3, 0.4) is 0 Å². The normalized spacial score (nSPS) is 26.3. The summed E-state index contributed by atoms with van der Waals surface area (Å²) in [5.41, 5.74) is -1.19. The number of halogens is 5. The van der Waals surface area contributed by atoms with Gasteiger partial charge in [0.1, 0.15) is 12.1 Å². The van der Waals surface area contributed by atoms with Gasteiger partial charge in [0.2, 0.25) is 5.91 Å². The van der Waals surface area contributed by atoms with Gasteiger partial charge in [-0.3, -0.25) is 9.59 Å². The molecule has 2 aromatic carbocycles. The van der Waals surface area contributed by atoms with Crippen molar-refractivity contribution in [3.05, 3.63) is 48.0 Å². The number of alkyl halides is 5. The Morgan fingerprint density at radius 2 is 1.77 bits per heavy atom. The van der Waals surface area contributed by atoms with E-state index < -0.39 is 60.0 Å². The molecule has 10 heteroatoms. The first-order chi connectivity index (χ1) is 16.3. The highest BCUT2D eigenvalue weighted by molar-refractivity contribution is 5.97. The third-order valence-electron chi connectivity index (χ3n) is 7.41. The van der Waals surface area contributed by atoms with Crippen molar-refractivity contribution in [2.24, 2.45) is 5.92 Å². The van der Waals surface area contributed by atoms with Gasteiger partial charge in [0, 0.05) is 25.1 Å². The standard InChI is InChI=1S/C25H27F5N2O3/c1-14(25(28,29)30)31-21(33)20-19-12-11-16(13-24(19,26)27)32(20)22(34)23(2,35-3)18-10-6-8-15-7-4-5-9-17(15)18/h4-10,14,16,19-20H,11-13H2,1-3H3,(H,31,33)/t14-,16?,19?,20-,23?/m0/s1. The van der Waals surface area contributed by atoms with Crippen molar-refractivity contribution in [1.29, 1.82) is 0 Å². The van der Waals surface area contributed by atoms with Gasteiger partial charge in [-0.2, -0.15) is 13.2 Å². The average molecular weight is 498 g/mol. The molecule has 2 saturated heterocycles. The fourth-order valence-electron chi connectivity index (χ4n) is 5.38. The zero-order valence-electron chi connectivity index (χ0n) is 19.5. The van der Waals surface area contributed by atoms with Crippen molar-refractivity contribution in [1.82, 2.24) is 10.2 Å². The number of fused-ring (bicyclic) bond motifs is 4. The Morgan fingerprint density at radius 1 is 1.11 bits per heavy atom. The summed E-state index contributed by atoms with van der Waals surface area (Å²) >= 11 is 0. The molecular weight excluding hydrogens is 471 g/mol. The van der Waals surface area contributed by atoms with E-state index in [0.717, 1.165) is 17.2 Å². The number of rotatable bonds is 5. The quantitative estimate of drug-likeness (QED) is 0.604. The molecule has 1 aliphatic carbocycles. The van der Waals surface area contributed by atoms with Crippen LogP contribution in [0, 0.1) is 5.92 Å². The van der Waals surface area contributed by atoms with Crippen LogP contribution in [0.4, 0.5) is 22.0 Å². The first kappa shape index (κ1) is 25.3. The maximum absolute atomic E-state index is 14.9. The number of carbonyl (C=O) groups is 2. The van der Waals surface area contributed by atoms with Gasteiger partial charge in [0.05, 0.1) is 5.92 Å². The van der Waals surface area contributed by atoms with E-state index in [1.165, 1.54) is 14.0 Å². The SMILES string of the molecule is COC(C)(C(=O)N1C2CCC([C@H]1C(=O)N[C@@H](C)C(F)(F)F)C(F)(F)C2)c1cccc2ccccc12. The van der Waals surface area contributed by atoms with Crippen molar-refractivity contribution < 1.29 is 36.3 Å². The number of ether oxygens (including phenoxy) is 1. The molecule has 5 atom stereocenters. The maximum atomic E-state index is 14.9. The summed E-state index contributed by atoms with van der Waals surface area (Å²) in [6.45, 7) is 2.23. The lowest BCUT2D eigenvalue weighted by Crippen LogP contribution is -2.71. The predicted molar refractivity (Wildman–Crippen MR) is 119 cm³/mol. The molecule has 1 saturated carbocycles. The lowest BCUT2D eigenvalue weighted by Gasteiger charge is -2.55. The van der Waals surface area contributed by atoms with Crippen LogP contribution in [0.25, 0.3) is 10.8 Å². The third kappa shape index (κ3) is 4.26. The summed E-state index contributed by atoms with van der Waals surface area (Å²) in [4.78, 5) is 28.1. The molecule has 2 amide bonds. The summed E-state index contributed by atoms with van der Waals surface area (Å²) in [5, 5.41) is 3.33. The van der Waals surface area contributed by atoms with E-state index in [4.69, 9.17) is 4.74 Å². The highest BCUT2D eigenvalue weighted by Crippen LogP contribution is 2.50. The smallest absolute Gasteiger partial charge is 0.364 e. The van der Waals surface area contributed by atoms with E-state index in [1.807, 2.05) is 18.2 Å². The summed E-state index contributed by atoms with van der Waals surface area (Å²) in [6.07, 6.45) is -5.26. The van der Waals surface area contributed by atoms with Crippen molar-refractivity contribution in [3.8, 4) is 0 Å². The van der Waals surface area contributed by atoms with Gasteiger partial charge in [0.15, 0.2) is 5.60 Å². The van der Waals surface area contributed by atoms with E-state index in [9.17, 15) is 31.5 Å². The number of amides is 2. The average Bonchev–Trinajstić information content (AvgIpc) is 2.81. The number of nitrogens with zero attached hydrogens (tertiary/aromatic N) is 1. The third-order valence-corrected chi connectivity index (χ3v) is 7.41. The Labute approximate surface area is 199 Å². The molecule has 3 unspecified atom stereocenters. The Kier molecular flexibility index (Phi) is 6.32. The van der Waals surface area contributed by atoms with Gasteiger partial charge < -0.3 is 15.0 Å². The number of nitrogens with one attached hydrogen (secondary N) is 1. The maximum Gasteiger partial charge on any atom is 0.408 e. The van der Waals surface area contributed by atoms with Crippen molar-refractivity contribution in [2.45, 2.75) is 68.9 Å². The van der Waals surface area contributed by atoms with Crippen molar-refractivity contribution in [2.75, 3.05) is 7.11 Å². The van der Waals surface area contributed by atoms with Crippen LogP contribution in [0.2, 0.25) is 0 Å². The predicted octanol–water partition coefficient (Wildman–Crippen LogP) is 4.78. The van der Waals surface area contributed by atoms with Crippen LogP contribution in [0.15, 0.2) is 42.5 Å². The van der Waals surface area contributed by atoms with E-state index >= 15 is 0 Å².